The van der Waals surface area contributed by atoms with Crippen molar-refractivity contribution in [3.8, 4) is 0 Å². The molecule has 1 aromatic rings. The topological polar surface area (TPSA) is 101 Å². The molecule has 0 aromatic heterocycles. The lowest BCUT2D eigenvalue weighted by Gasteiger charge is -2.22. The number of hydrogen-bond donors (Lipinski definition) is 0. The lowest BCUT2D eigenvalue weighted by Crippen LogP contribution is -2.41. The summed E-state index contributed by atoms with van der Waals surface area (Å²) in [5.41, 5.74) is 0.710. The summed E-state index contributed by atoms with van der Waals surface area (Å²) in [7, 11) is -10.8. The van der Waals surface area contributed by atoms with E-state index >= 15 is 0 Å². The highest BCUT2D eigenvalue weighted by Crippen LogP contribution is 2.28. The minimum atomic E-state index is -6.27. The van der Waals surface area contributed by atoms with Gasteiger partial charge in [-0.3, -0.25) is 4.18 Å². The summed E-state index contributed by atoms with van der Waals surface area (Å²) >= 11 is 0. The van der Waals surface area contributed by atoms with E-state index in [1.54, 1.807) is 6.92 Å². The predicted octanol–water partition coefficient (Wildman–Crippen LogP) is 1.18. The van der Waals surface area contributed by atoms with Crippen molar-refractivity contribution in [2.24, 2.45) is 0 Å². The molecule has 1 rings (SSSR count). The second kappa shape index (κ2) is 5.91. The van der Waals surface area contributed by atoms with E-state index in [1.807, 2.05) is 0 Å². The van der Waals surface area contributed by atoms with Crippen LogP contribution in [0.2, 0.25) is 0 Å². The zero-order valence-corrected chi connectivity index (χ0v) is 12.1. The fraction of sp³-hybridized carbons (Fsp3) is 0.400. The first kappa shape index (κ1) is 17.9. The van der Waals surface area contributed by atoms with E-state index in [0.717, 1.165) is 12.1 Å². The van der Waals surface area contributed by atoms with Crippen LogP contribution >= 0.6 is 0 Å². The zero-order chi connectivity index (χ0) is 16.5. The van der Waals surface area contributed by atoms with Crippen LogP contribution in [0.15, 0.2) is 29.2 Å². The van der Waals surface area contributed by atoms with Crippen molar-refractivity contribution in [2.75, 3.05) is 6.61 Å². The number of halogens is 3. The molecule has 0 aliphatic heterocycles. The Hall–Kier alpha value is -1.17. The van der Waals surface area contributed by atoms with Crippen LogP contribution in [-0.4, -0.2) is 39.4 Å². The van der Waals surface area contributed by atoms with E-state index in [1.165, 1.54) is 12.1 Å². The smallest absolute Gasteiger partial charge is 0.367 e. The summed E-state index contributed by atoms with van der Waals surface area (Å²) < 4.78 is 96.3. The summed E-state index contributed by atoms with van der Waals surface area (Å²) in [5, 5.41) is -5.28. The molecule has 1 aromatic carbocycles. The Morgan fingerprint density at radius 2 is 1.67 bits per heavy atom. The Bertz CT molecular complexity index is 697. The van der Waals surface area contributed by atoms with Gasteiger partial charge in [0, 0.05) is 0 Å². The highest BCUT2D eigenvalue weighted by Gasteiger charge is 2.48. The van der Waals surface area contributed by atoms with E-state index in [4.69, 9.17) is 0 Å². The molecule has 0 radical (unpaired) electrons. The molecule has 0 fully saturated rings. The Kier molecular flexibility index (Phi) is 5.03. The first-order valence-corrected chi connectivity index (χ1v) is 8.13. The van der Waals surface area contributed by atoms with Crippen LogP contribution in [0.5, 0.6) is 0 Å². The van der Waals surface area contributed by atoms with Crippen molar-refractivity contribution < 1.29 is 38.7 Å². The third kappa shape index (κ3) is 4.15. The quantitative estimate of drug-likeness (QED) is 0.566. The summed E-state index contributed by atoms with van der Waals surface area (Å²) in [4.78, 5) is -0.423. The average Bonchev–Trinajstić information content (AvgIpc) is 2.35. The average molecular weight is 347 g/mol. The minimum absolute atomic E-state index is 0.423. The molecule has 11 heteroatoms. The van der Waals surface area contributed by atoms with Crippen molar-refractivity contribution in [1.82, 2.24) is 0 Å². The van der Waals surface area contributed by atoms with Crippen molar-refractivity contribution in [3.05, 3.63) is 29.8 Å². The lowest BCUT2D eigenvalue weighted by atomic mass is 10.2. The molecule has 1 atom stereocenters. The van der Waals surface area contributed by atoms with Gasteiger partial charge in [-0.2, -0.15) is 17.2 Å². The molecular formula is C10H10F3O6S2-. The molecule has 0 saturated heterocycles. The highest BCUT2D eigenvalue weighted by atomic mass is 32.2. The van der Waals surface area contributed by atoms with Gasteiger partial charge in [0.2, 0.25) is 6.17 Å². The van der Waals surface area contributed by atoms with Gasteiger partial charge in [-0.05, 0) is 19.1 Å². The Morgan fingerprint density at radius 3 is 2.10 bits per heavy atom. The summed E-state index contributed by atoms with van der Waals surface area (Å²) in [6.45, 7) is -0.140. The molecule has 0 N–H and O–H groups in total. The maximum atomic E-state index is 13.1. The van der Waals surface area contributed by atoms with Gasteiger partial charge in [-0.25, -0.2) is 12.8 Å². The number of alkyl halides is 3. The van der Waals surface area contributed by atoms with Crippen LogP contribution in [0, 0.1) is 6.92 Å². The van der Waals surface area contributed by atoms with Crippen LogP contribution in [0.1, 0.15) is 5.56 Å². The van der Waals surface area contributed by atoms with Gasteiger partial charge in [0.1, 0.15) is 6.61 Å². The predicted molar refractivity (Wildman–Crippen MR) is 63.9 cm³/mol. The Labute approximate surface area is 119 Å². The first-order chi connectivity index (χ1) is 9.38. The molecular weight excluding hydrogens is 337 g/mol. The van der Waals surface area contributed by atoms with Crippen LogP contribution < -0.4 is 0 Å². The van der Waals surface area contributed by atoms with E-state index in [0.29, 0.717) is 5.56 Å². The summed E-state index contributed by atoms with van der Waals surface area (Å²) in [5.74, 6) is 0. The molecule has 0 spiro atoms. The molecule has 120 valence electrons. The van der Waals surface area contributed by atoms with Crippen LogP contribution in [0.3, 0.4) is 0 Å². The van der Waals surface area contributed by atoms with E-state index < -0.39 is 43.2 Å². The van der Waals surface area contributed by atoms with Crippen LogP contribution in [0.25, 0.3) is 0 Å². The number of benzene rings is 1. The van der Waals surface area contributed by atoms with Crippen LogP contribution in [0.4, 0.5) is 13.2 Å². The summed E-state index contributed by atoms with van der Waals surface area (Å²) in [6, 6.07) is 4.97. The van der Waals surface area contributed by atoms with Crippen LogP contribution in [-0.2, 0) is 24.4 Å². The second-order valence-electron chi connectivity index (χ2n) is 4.04. The van der Waals surface area contributed by atoms with Gasteiger partial charge in [-0.1, -0.05) is 17.7 Å². The van der Waals surface area contributed by atoms with Gasteiger partial charge >= 0.3 is 5.25 Å². The third-order valence-electron chi connectivity index (χ3n) is 2.38. The van der Waals surface area contributed by atoms with E-state index in [-0.39, 0.29) is 0 Å². The SMILES string of the molecule is Cc1ccc(S(=O)(=O)OCC(F)C(F)(F)S(=O)(=O)[O-])cc1. The lowest BCUT2D eigenvalue weighted by molar-refractivity contribution is -0.0217. The molecule has 21 heavy (non-hydrogen) atoms. The van der Waals surface area contributed by atoms with Gasteiger partial charge in [0.25, 0.3) is 10.1 Å². The molecule has 0 aliphatic rings. The monoisotopic (exact) mass is 347 g/mol. The van der Waals surface area contributed by atoms with Crippen molar-refractivity contribution >= 4 is 20.2 Å². The third-order valence-corrected chi connectivity index (χ3v) is 4.60. The van der Waals surface area contributed by atoms with Gasteiger partial charge < -0.3 is 4.55 Å². The van der Waals surface area contributed by atoms with Gasteiger partial charge in [0.05, 0.1) is 4.90 Å². The van der Waals surface area contributed by atoms with Gasteiger partial charge in [-0.15, -0.1) is 0 Å². The molecule has 0 aliphatic carbocycles. The zero-order valence-electron chi connectivity index (χ0n) is 10.5. The molecule has 0 amide bonds. The Balaban J connectivity index is 2.86. The maximum absolute atomic E-state index is 13.1. The number of aryl methyl sites for hydroxylation is 1. The molecule has 0 heterocycles. The minimum Gasteiger partial charge on any atom is -0.743 e. The standard InChI is InChI=1S/C10H11F3O6S2/c1-7-2-4-8(5-3-7)20(14,15)19-6-9(11)10(12,13)21(16,17)18/h2-5,9H,6H2,1H3,(H,16,17,18)/p-1. The van der Waals surface area contributed by atoms with Gasteiger partial charge in [0.15, 0.2) is 10.1 Å². The Morgan fingerprint density at radius 1 is 1.19 bits per heavy atom. The molecule has 1 unspecified atom stereocenters. The summed E-state index contributed by atoms with van der Waals surface area (Å²) in [6.07, 6.45) is -3.61. The molecule has 6 nitrogen and oxygen atoms in total. The molecule has 0 bridgehead atoms. The number of hydrogen-bond acceptors (Lipinski definition) is 6. The fourth-order valence-electron chi connectivity index (χ4n) is 1.18. The van der Waals surface area contributed by atoms with Crippen molar-refractivity contribution in [2.45, 2.75) is 23.2 Å². The molecule has 0 saturated carbocycles. The van der Waals surface area contributed by atoms with Crippen molar-refractivity contribution in [3.63, 3.8) is 0 Å². The van der Waals surface area contributed by atoms with Crippen molar-refractivity contribution in [1.29, 1.82) is 0 Å². The normalized spacial score (nSPS) is 14.9. The van der Waals surface area contributed by atoms with E-state index in [2.05, 4.69) is 4.18 Å². The number of rotatable bonds is 6. The second-order valence-corrected chi connectivity index (χ2v) is 7.10. The van der Waals surface area contributed by atoms with E-state index in [9.17, 15) is 34.6 Å². The highest BCUT2D eigenvalue weighted by molar-refractivity contribution is 7.87. The fourth-order valence-corrected chi connectivity index (χ4v) is 2.46. The maximum Gasteiger partial charge on any atom is 0.367 e. The first-order valence-electron chi connectivity index (χ1n) is 5.31. The largest absolute Gasteiger partial charge is 0.743 e.